The highest BCUT2D eigenvalue weighted by atomic mass is 16.4. The SMILES string of the molecule is O=C(O)C1CCCCC1C(=O)N(CCO)C1CC1. The second-order valence-electron chi connectivity index (χ2n) is 5.32. The van der Waals surface area contributed by atoms with Crippen LogP contribution >= 0.6 is 0 Å². The fourth-order valence-corrected chi connectivity index (χ4v) is 2.90. The largest absolute Gasteiger partial charge is 0.481 e. The van der Waals surface area contributed by atoms with E-state index in [1.54, 1.807) is 4.90 Å². The third-order valence-corrected chi connectivity index (χ3v) is 4.01. The molecule has 2 N–H and O–H groups in total. The summed E-state index contributed by atoms with van der Waals surface area (Å²) in [4.78, 5) is 25.4. The highest BCUT2D eigenvalue weighted by molar-refractivity contribution is 5.85. The zero-order valence-corrected chi connectivity index (χ0v) is 10.5. The maximum Gasteiger partial charge on any atom is 0.307 e. The number of carboxylic acids is 1. The molecule has 0 saturated heterocycles. The second kappa shape index (κ2) is 5.69. The van der Waals surface area contributed by atoms with Gasteiger partial charge in [-0.25, -0.2) is 0 Å². The van der Waals surface area contributed by atoms with Gasteiger partial charge in [0.25, 0.3) is 0 Å². The average molecular weight is 255 g/mol. The lowest BCUT2D eigenvalue weighted by atomic mass is 9.78. The zero-order valence-electron chi connectivity index (χ0n) is 10.5. The van der Waals surface area contributed by atoms with Gasteiger partial charge in [0.1, 0.15) is 0 Å². The van der Waals surface area contributed by atoms with Crippen molar-refractivity contribution in [1.29, 1.82) is 0 Å². The minimum atomic E-state index is -0.854. The van der Waals surface area contributed by atoms with Gasteiger partial charge in [-0.05, 0) is 25.7 Å². The van der Waals surface area contributed by atoms with E-state index < -0.39 is 11.9 Å². The zero-order chi connectivity index (χ0) is 13.1. The van der Waals surface area contributed by atoms with E-state index in [9.17, 15) is 14.7 Å². The van der Waals surface area contributed by atoms with Gasteiger partial charge < -0.3 is 15.1 Å². The summed E-state index contributed by atoms with van der Waals surface area (Å²) in [6.07, 6.45) is 5.06. The predicted octanol–water partition coefficient (Wildman–Crippen LogP) is 0.861. The molecule has 0 heterocycles. The van der Waals surface area contributed by atoms with Crippen LogP contribution in [0.25, 0.3) is 0 Å². The third-order valence-electron chi connectivity index (χ3n) is 4.01. The van der Waals surface area contributed by atoms with E-state index >= 15 is 0 Å². The first-order chi connectivity index (χ1) is 8.65. The molecule has 0 aromatic heterocycles. The number of aliphatic hydroxyl groups is 1. The number of carbonyl (C=O) groups is 2. The molecular formula is C13H21NO4. The van der Waals surface area contributed by atoms with Gasteiger partial charge in [-0.3, -0.25) is 9.59 Å². The van der Waals surface area contributed by atoms with Crippen molar-refractivity contribution in [3.63, 3.8) is 0 Å². The van der Waals surface area contributed by atoms with Gasteiger partial charge in [-0.15, -0.1) is 0 Å². The van der Waals surface area contributed by atoms with E-state index in [2.05, 4.69) is 0 Å². The Bertz CT molecular complexity index is 327. The quantitative estimate of drug-likeness (QED) is 0.764. The summed E-state index contributed by atoms with van der Waals surface area (Å²) in [7, 11) is 0. The Morgan fingerprint density at radius 2 is 1.67 bits per heavy atom. The Kier molecular flexibility index (Phi) is 4.22. The Morgan fingerprint density at radius 1 is 1.06 bits per heavy atom. The smallest absolute Gasteiger partial charge is 0.307 e. The molecule has 2 fully saturated rings. The van der Waals surface area contributed by atoms with E-state index in [1.165, 1.54) is 0 Å². The first-order valence-electron chi connectivity index (χ1n) is 6.79. The number of carboxylic acid groups (broad SMARTS) is 1. The molecule has 2 atom stereocenters. The highest BCUT2D eigenvalue weighted by Crippen LogP contribution is 2.35. The topological polar surface area (TPSA) is 77.8 Å². The fraction of sp³-hybridized carbons (Fsp3) is 0.846. The van der Waals surface area contributed by atoms with Crippen LogP contribution in [-0.4, -0.2) is 46.2 Å². The van der Waals surface area contributed by atoms with E-state index in [0.29, 0.717) is 19.4 Å². The van der Waals surface area contributed by atoms with Crippen molar-refractivity contribution in [1.82, 2.24) is 4.90 Å². The van der Waals surface area contributed by atoms with Crippen molar-refractivity contribution in [3.8, 4) is 0 Å². The number of hydrogen-bond donors (Lipinski definition) is 2. The maximum absolute atomic E-state index is 12.4. The summed E-state index contributed by atoms with van der Waals surface area (Å²) in [5.74, 6) is -1.83. The van der Waals surface area contributed by atoms with Crippen LogP contribution in [0.5, 0.6) is 0 Å². The van der Waals surface area contributed by atoms with Crippen LogP contribution in [0.1, 0.15) is 38.5 Å². The molecular weight excluding hydrogens is 234 g/mol. The summed E-state index contributed by atoms with van der Waals surface area (Å²) < 4.78 is 0. The summed E-state index contributed by atoms with van der Waals surface area (Å²) >= 11 is 0. The molecule has 0 spiro atoms. The molecule has 5 nitrogen and oxygen atoms in total. The van der Waals surface area contributed by atoms with Crippen LogP contribution < -0.4 is 0 Å². The molecule has 1 amide bonds. The molecule has 102 valence electrons. The van der Waals surface area contributed by atoms with Crippen molar-refractivity contribution in [2.45, 2.75) is 44.6 Å². The average Bonchev–Trinajstić information content (AvgIpc) is 3.19. The summed E-state index contributed by atoms with van der Waals surface area (Å²) in [5, 5.41) is 18.2. The molecule has 2 rings (SSSR count). The highest BCUT2D eigenvalue weighted by Gasteiger charge is 2.41. The van der Waals surface area contributed by atoms with Gasteiger partial charge in [0.05, 0.1) is 18.4 Å². The molecule has 5 heteroatoms. The number of rotatable bonds is 5. The molecule has 2 aliphatic rings. The van der Waals surface area contributed by atoms with E-state index in [4.69, 9.17) is 5.11 Å². The molecule has 0 aromatic rings. The molecule has 0 bridgehead atoms. The van der Waals surface area contributed by atoms with Crippen LogP contribution in [0.4, 0.5) is 0 Å². The fourth-order valence-electron chi connectivity index (χ4n) is 2.90. The summed E-state index contributed by atoms with van der Waals surface area (Å²) in [6, 6.07) is 0.237. The number of amides is 1. The van der Waals surface area contributed by atoms with Crippen LogP contribution in [-0.2, 0) is 9.59 Å². The van der Waals surface area contributed by atoms with Crippen LogP contribution in [0.3, 0.4) is 0 Å². The number of aliphatic hydroxyl groups excluding tert-OH is 1. The molecule has 2 unspecified atom stereocenters. The first kappa shape index (κ1) is 13.3. The Hall–Kier alpha value is -1.10. The standard InChI is InChI=1S/C13H21NO4/c15-8-7-14(9-5-6-9)12(16)10-3-1-2-4-11(10)13(17)18/h9-11,15H,1-8H2,(H,17,18). The summed E-state index contributed by atoms with van der Waals surface area (Å²) in [5.41, 5.74) is 0. The Labute approximate surface area is 107 Å². The lowest BCUT2D eigenvalue weighted by Crippen LogP contribution is -2.44. The van der Waals surface area contributed by atoms with Gasteiger partial charge in [0.15, 0.2) is 0 Å². The van der Waals surface area contributed by atoms with Gasteiger partial charge >= 0.3 is 5.97 Å². The predicted molar refractivity (Wildman–Crippen MR) is 64.9 cm³/mol. The monoisotopic (exact) mass is 255 g/mol. The van der Waals surface area contributed by atoms with Crippen LogP contribution in [0.15, 0.2) is 0 Å². The van der Waals surface area contributed by atoms with E-state index in [-0.39, 0.29) is 24.5 Å². The minimum absolute atomic E-state index is 0.0489. The van der Waals surface area contributed by atoms with Crippen molar-refractivity contribution in [3.05, 3.63) is 0 Å². The number of hydrogen-bond acceptors (Lipinski definition) is 3. The normalized spacial score (nSPS) is 27.8. The lowest BCUT2D eigenvalue weighted by molar-refractivity contribution is -0.152. The minimum Gasteiger partial charge on any atom is -0.481 e. The van der Waals surface area contributed by atoms with Crippen molar-refractivity contribution in [2.75, 3.05) is 13.2 Å². The third kappa shape index (κ3) is 2.83. The van der Waals surface area contributed by atoms with Gasteiger partial charge in [-0.2, -0.15) is 0 Å². The number of nitrogens with zero attached hydrogens (tertiary/aromatic N) is 1. The van der Waals surface area contributed by atoms with Crippen molar-refractivity contribution >= 4 is 11.9 Å². The molecule has 0 radical (unpaired) electrons. The molecule has 0 aliphatic heterocycles. The van der Waals surface area contributed by atoms with E-state index in [1.807, 2.05) is 0 Å². The first-order valence-corrected chi connectivity index (χ1v) is 6.79. The molecule has 2 aliphatic carbocycles. The Balaban J connectivity index is 2.06. The van der Waals surface area contributed by atoms with Crippen LogP contribution in [0, 0.1) is 11.8 Å². The van der Waals surface area contributed by atoms with Gasteiger partial charge in [0.2, 0.25) is 5.91 Å². The van der Waals surface area contributed by atoms with Gasteiger partial charge in [0, 0.05) is 12.6 Å². The van der Waals surface area contributed by atoms with Crippen molar-refractivity contribution in [2.24, 2.45) is 11.8 Å². The molecule has 18 heavy (non-hydrogen) atoms. The number of carbonyl (C=O) groups excluding carboxylic acids is 1. The summed E-state index contributed by atoms with van der Waals surface area (Å²) in [6.45, 7) is 0.291. The van der Waals surface area contributed by atoms with Crippen molar-refractivity contribution < 1.29 is 19.8 Å². The van der Waals surface area contributed by atoms with Gasteiger partial charge in [-0.1, -0.05) is 12.8 Å². The molecule has 2 saturated carbocycles. The maximum atomic E-state index is 12.4. The lowest BCUT2D eigenvalue weighted by Gasteiger charge is -2.32. The van der Waals surface area contributed by atoms with E-state index in [0.717, 1.165) is 25.7 Å². The second-order valence-corrected chi connectivity index (χ2v) is 5.32. The number of aliphatic carboxylic acids is 1. The van der Waals surface area contributed by atoms with Crippen LogP contribution in [0.2, 0.25) is 0 Å². The molecule has 0 aromatic carbocycles. The Morgan fingerprint density at radius 3 is 2.17 bits per heavy atom.